The molecule has 0 radical (unpaired) electrons. The van der Waals surface area contributed by atoms with Crippen molar-refractivity contribution in [2.24, 2.45) is 0 Å². The number of rotatable bonds is 7. The summed E-state index contributed by atoms with van der Waals surface area (Å²) in [7, 11) is 2.14. The second kappa shape index (κ2) is 6.24. The standard InChI is InChI=1S/C15H21N3S2/c1-3-16-8-13-14(12-4-5-12)17-15(20-13)18(2)9-11-6-7-19-10-11/h6-7,10,12,16H,3-5,8-9H2,1-2H3. The lowest BCUT2D eigenvalue weighted by Gasteiger charge is -2.14. The summed E-state index contributed by atoms with van der Waals surface area (Å²) in [6.45, 7) is 5.08. The highest BCUT2D eigenvalue weighted by molar-refractivity contribution is 7.15. The molecule has 2 aromatic heterocycles. The van der Waals surface area contributed by atoms with Crippen LogP contribution in [0.5, 0.6) is 0 Å². The molecule has 108 valence electrons. The molecule has 5 heteroatoms. The van der Waals surface area contributed by atoms with Gasteiger partial charge in [0.1, 0.15) is 0 Å². The number of hydrogen-bond donors (Lipinski definition) is 1. The van der Waals surface area contributed by atoms with Crippen molar-refractivity contribution in [2.45, 2.75) is 38.8 Å². The largest absolute Gasteiger partial charge is 0.347 e. The van der Waals surface area contributed by atoms with Gasteiger partial charge in [-0.15, -0.1) is 11.3 Å². The third-order valence-corrected chi connectivity index (χ3v) is 5.46. The Hall–Kier alpha value is -0.910. The van der Waals surface area contributed by atoms with E-state index in [0.717, 1.165) is 30.7 Å². The Kier molecular flexibility index (Phi) is 4.38. The van der Waals surface area contributed by atoms with Gasteiger partial charge in [0.15, 0.2) is 5.13 Å². The highest BCUT2D eigenvalue weighted by Crippen LogP contribution is 2.44. The zero-order valence-corrected chi connectivity index (χ0v) is 13.7. The third-order valence-electron chi connectivity index (χ3n) is 3.54. The van der Waals surface area contributed by atoms with E-state index in [1.54, 1.807) is 11.3 Å². The fraction of sp³-hybridized carbons (Fsp3) is 0.533. The van der Waals surface area contributed by atoms with Gasteiger partial charge in [-0.2, -0.15) is 11.3 Å². The predicted octanol–water partition coefficient (Wildman–Crippen LogP) is 3.83. The van der Waals surface area contributed by atoms with E-state index in [9.17, 15) is 0 Å². The molecule has 1 aliphatic rings. The molecular weight excluding hydrogens is 286 g/mol. The van der Waals surface area contributed by atoms with E-state index in [4.69, 9.17) is 4.98 Å². The molecule has 3 rings (SSSR count). The van der Waals surface area contributed by atoms with Crippen LogP contribution in [-0.4, -0.2) is 18.6 Å². The van der Waals surface area contributed by atoms with Gasteiger partial charge in [0.25, 0.3) is 0 Å². The molecule has 0 aromatic carbocycles. The first-order valence-electron chi connectivity index (χ1n) is 7.20. The van der Waals surface area contributed by atoms with Crippen LogP contribution < -0.4 is 10.2 Å². The van der Waals surface area contributed by atoms with Crippen molar-refractivity contribution in [1.82, 2.24) is 10.3 Å². The average molecular weight is 307 g/mol. The van der Waals surface area contributed by atoms with Gasteiger partial charge >= 0.3 is 0 Å². The number of nitrogens with zero attached hydrogens (tertiary/aromatic N) is 2. The van der Waals surface area contributed by atoms with Crippen molar-refractivity contribution in [3.8, 4) is 0 Å². The zero-order valence-electron chi connectivity index (χ0n) is 12.1. The third kappa shape index (κ3) is 3.22. The summed E-state index contributed by atoms with van der Waals surface area (Å²) >= 11 is 3.61. The van der Waals surface area contributed by atoms with Crippen molar-refractivity contribution >= 4 is 27.8 Å². The van der Waals surface area contributed by atoms with Gasteiger partial charge in [-0.1, -0.05) is 6.92 Å². The molecule has 0 spiro atoms. The van der Waals surface area contributed by atoms with Crippen molar-refractivity contribution in [2.75, 3.05) is 18.5 Å². The average Bonchev–Trinajstić information content (AvgIpc) is 3.00. The van der Waals surface area contributed by atoms with Crippen LogP contribution in [0.1, 0.15) is 41.8 Å². The maximum absolute atomic E-state index is 4.91. The smallest absolute Gasteiger partial charge is 0.185 e. The van der Waals surface area contributed by atoms with E-state index >= 15 is 0 Å². The lowest BCUT2D eigenvalue weighted by atomic mass is 10.2. The minimum absolute atomic E-state index is 0.725. The second-order valence-electron chi connectivity index (χ2n) is 5.35. The summed E-state index contributed by atoms with van der Waals surface area (Å²) in [5.41, 5.74) is 2.72. The van der Waals surface area contributed by atoms with Crippen LogP contribution in [-0.2, 0) is 13.1 Å². The van der Waals surface area contributed by atoms with Crippen molar-refractivity contribution in [3.05, 3.63) is 33.0 Å². The van der Waals surface area contributed by atoms with Crippen molar-refractivity contribution in [1.29, 1.82) is 0 Å². The number of anilines is 1. The van der Waals surface area contributed by atoms with Crippen LogP contribution in [0.3, 0.4) is 0 Å². The predicted molar refractivity (Wildman–Crippen MR) is 87.9 cm³/mol. The first-order chi connectivity index (χ1) is 9.78. The number of hydrogen-bond acceptors (Lipinski definition) is 5. The minimum Gasteiger partial charge on any atom is -0.347 e. The first-order valence-corrected chi connectivity index (χ1v) is 8.96. The summed E-state index contributed by atoms with van der Waals surface area (Å²) in [4.78, 5) is 8.62. The van der Waals surface area contributed by atoms with E-state index in [0.29, 0.717) is 0 Å². The summed E-state index contributed by atoms with van der Waals surface area (Å²) in [5.74, 6) is 0.725. The molecule has 0 atom stereocenters. The molecule has 3 nitrogen and oxygen atoms in total. The quantitative estimate of drug-likeness (QED) is 0.842. The molecule has 20 heavy (non-hydrogen) atoms. The Bertz CT molecular complexity index is 543. The van der Waals surface area contributed by atoms with Crippen LogP contribution in [0.2, 0.25) is 0 Å². The fourth-order valence-electron chi connectivity index (χ4n) is 2.28. The van der Waals surface area contributed by atoms with Crippen molar-refractivity contribution in [3.63, 3.8) is 0 Å². The maximum Gasteiger partial charge on any atom is 0.185 e. The second-order valence-corrected chi connectivity index (χ2v) is 7.19. The van der Waals surface area contributed by atoms with Crippen molar-refractivity contribution < 1.29 is 0 Å². The zero-order chi connectivity index (χ0) is 13.9. The van der Waals surface area contributed by atoms with Gasteiger partial charge < -0.3 is 10.2 Å². The number of aromatic nitrogens is 1. The Labute approximate surface area is 128 Å². The fourth-order valence-corrected chi connectivity index (χ4v) is 4.01. The number of thiazole rings is 1. The Morgan fingerprint density at radius 1 is 1.45 bits per heavy atom. The van der Waals surface area contributed by atoms with E-state index in [2.05, 4.69) is 41.0 Å². The van der Waals surface area contributed by atoms with Gasteiger partial charge in [-0.3, -0.25) is 0 Å². The molecule has 0 aliphatic heterocycles. The Morgan fingerprint density at radius 2 is 2.30 bits per heavy atom. The van der Waals surface area contributed by atoms with Crippen LogP contribution in [0.15, 0.2) is 16.8 Å². The highest BCUT2D eigenvalue weighted by atomic mass is 32.1. The van der Waals surface area contributed by atoms with Gasteiger partial charge in [-0.25, -0.2) is 4.98 Å². The van der Waals surface area contributed by atoms with Gasteiger partial charge in [0.05, 0.1) is 5.69 Å². The number of thiophene rings is 1. The molecule has 2 aromatic rings. The van der Waals surface area contributed by atoms with Crippen LogP contribution in [0.4, 0.5) is 5.13 Å². The topological polar surface area (TPSA) is 28.2 Å². The molecule has 1 fully saturated rings. The molecule has 0 unspecified atom stereocenters. The molecule has 2 heterocycles. The highest BCUT2D eigenvalue weighted by Gasteiger charge is 2.30. The van der Waals surface area contributed by atoms with E-state index < -0.39 is 0 Å². The van der Waals surface area contributed by atoms with Crippen LogP contribution in [0, 0.1) is 0 Å². The number of nitrogens with one attached hydrogen (secondary N) is 1. The minimum atomic E-state index is 0.725. The molecule has 1 saturated carbocycles. The molecular formula is C15H21N3S2. The van der Waals surface area contributed by atoms with Gasteiger partial charge in [0, 0.05) is 30.9 Å². The lowest BCUT2D eigenvalue weighted by Crippen LogP contribution is -2.15. The maximum atomic E-state index is 4.91. The van der Waals surface area contributed by atoms with E-state index in [1.165, 1.54) is 29.0 Å². The molecule has 0 amide bonds. The SMILES string of the molecule is CCNCc1sc(N(C)Cc2ccsc2)nc1C1CC1. The Morgan fingerprint density at radius 3 is 2.95 bits per heavy atom. The van der Waals surface area contributed by atoms with Gasteiger partial charge in [0.2, 0.25) is 0 Å². The Balaban J connectivity index is 1.75. The normalized spacial score (nSPS) is 14.7. The first kappa shape index (κ1) is 14.0. The molecule has 1 N–H and O–H groups in total. The monoisotopic (exact) mass is 307 g/mol. The molecule has 1 aliphatic carbocycles. The molecule has 0 bridgehead atoms. The van der Waals surface area contributed by atoms with E-state index in [1.807, 2.05) is 11.3 Å². The summed E-state index contributed by atoms with van der Waals surface area (Å²) in [6.07, 6.45) is 2.63. The van der Waals surface area contributed by atoms with Crippen LogP contribution in [0.25, 0.3) is 0 Å². The summed E-state index contributed by atoms with van der Waals surface area (Å²) < 4.78 is 0. The summed E-state index contributed by atoms with van der Waals surface area (Å²) in [6, 6.07) is 2.19. The van der Waals surface area contributed by atoms with E-state index in [-0.39, 0.29) is 0 Å². The lowest BCUT2D eigenvalue weighted by molar-refractivity contribution is 0.726. The van der Waals surface area contributed by atoms with Crippen LogP contribution >= 0.6 is 22.7 Å². The van der Waals surface area contributed by atoms with Gasteiger partial charge in [-0.05, 0) is 41.8 Å². The summed E-state index contributed by atoms with van der Waals surface area (Å²) in [5, 5.41) is 8.95. The molecule has 0 saturated heterocycles.